The molecule has 0 fully saturated rings. The summed E-state index contributed by atoms with van der Waals surface area (Å²) in [6, 6.07) is 4.42. The third-order valence-corrected chi connectivity index (χ3v) is 3.62. The van der Waals surface area contributed by atoms with E-state index in [1.54, 1.807) is 6.07 Å². The lowest BCUT2D eigenvalue weighted by Crippen LogP contribution is -2.25. The molecule has 0 aromatic heterocycles. The Kier molecular flexibility index (Phi) is 4.91. The number of nitrogens with one attached hydrogen (secondary N) is 1. The highest BCUT2D eigenvalue weighted by Crippen LogP contribution is 2.19. The van der Waals surface area contributed by atoms with Gasteiger partial charge in [0.1, 0.15) is 15.7 Å². The van der Waals surface area contributed by atoms with Crippen molar-refractivity contribution in [1.82, 2.24) is 5.32 Å². The molecular formula is C11H15ClFNO2S. The van der Waals surface area contributed by atoms with Crippen molar-refractivity contribution in [2.75, 3.05) is 18.6 Å². The highest BCUT2D eigenvalue weighted by Gasteiger charge is 2.09. The zero-order chi connectivity index (χ0) is 13.1. The van der Waals surface area contributed by atoms with E-state index in [0.717, 1.165) is 5.56 Å². The first-order valence-corrected chi connectivity index (χ1v) is 7.59. The van der Waals surface area contributed by atoms with Crippen molar-refractivity contribution in [2.24, 2.45) is 0 Å². The van der Waals surface area contributed by atoms with E-state index in [1.807, 2.05) is 6.92 Å². The average molecular weight is 280 g/mol. The fourth-order valence-corrected chi connectivity index (χ4v) is 1.97. The molecule has 0 saturated carbocycles. The van der Waals surface area contributed by atoms with E-state index >= 15 is 0 Å². The van der Waals surface area contributed by atoms with Gasteiger partial charge in [0, 0.05) is 18.8 Å². The lowest BCUT2D eigenvalue weighted by molar-refractivity contribution is 0.569. The van der Waals surface area contributed by atoms with Gasteiger partial charge in [-0.25, -0.2) is 12.8 Å². The predicted molar refractivity (Wildman–Crippen MR) is 67.5 cm³/mol. The van der Waals surface area contributed by atoms with Gasteiger partial charge in [0.15, 0.2) is 0 Å². The van der Waals surface area contributed by atoms with Crippen molar-refractivity contribution in [3.63, 3.8) is 0 Å². The lowest BCUT2D eigenvalue weighted by atomic mass is 10.1. The molecule has 0 radical (unpaired) electrons. The SMILES string of the molecule is CC(NCCS(C)(=O)=O)c1ccc(Cl)c(F)c1. The molecule has 1 N–H and O–H groups in total. The molecule has 0 aliphatic heterocycles. The molecule has 1 atom stereocenters. The molecule has 3 nitrogen and oxygen atoms in total. The molecule has 0 amide bonds. The third kappa shape index (κ3) is 5.02. The molecule has 1 rings (SSSR count). The van der Waals surface area contributed by atoms with Crippen LogP contribution in [-0.2, 0) is 9.84 Å². The summed E-state index contributed by atoms with van der Waals surface area (Å²) in [6.45, 7) is 2.18. The first kappa shape index (κ1) is 14.4. The number of hydrogen-bond donors (Lipinski definition) is 1. The van der Waals surface area contributed by atoms with Crippen molar-refractivity contribution in [1.29, 1.82) is 0 Å². The minimum Gasteiger partial charge on any atom is -0.309 e. The molecule has 0 bridgehead atoms. The molecule has 1 aromatic carbocycles. The van der Waals surface area contributed by atoms with Gasteiger partial charge in [-0.2, -0.15) is 0 Å². The Bertz CT molecular complexity index is 490. The molecule has 0 spiro atoms. The minimum absolute atomic E-state index is 0.0629. The van der Waals surface area contributed by atoms with Crippen LogP contribution in [0.2, 0.25) is 5.02 Å². The highest BCUT2D eigenvalue weighted by atomic mass is 35.5. The molecule has 0 aliphatic carbocycles. The molecule has 0 aliphatic rings. The standard InChI is InChI=1S/C11H15ClFNO2S/c1-8(14-5-6-17(2,15)16)9-3-4-10(12)11(13)7-9/h3-4,7-8,14H,5-6H2,1-2H3. The van der Waals surface area contributed by atoms with E-state index in [2.05, 4.69) is 5.32 Å². The Hall–Kier alpha value is -0.650. The zero-order valence-electron chi connectivity index (χ0n) is 9.70. The summed E-state index contributed by atoms with van der Waals surface area (Å²) in [4.78, 5) is 0. The first-order valence-electron chi connectivity index (χ1n) is 5.15. The quantitative estimate of drug-likeness (QED) is 0.899. The Labute approximate surface area is 106 Å². The normalized spacial score (nSPS) is 13.6. The Balaban J connectivity index is 2.58. The van der Waals surface area contributed by atoms with Gasteiger partial charge in [0.05, 0.1) is 10.8 Å². The summed E-state index contributed by atoms with van der Waals surface area (Å²) in [5.41, 5.74) is 0.736. The Morgan fingerprint density at radius 3 is 2.65 bits per heavy atom. The van der Waals surface area contributed by atoms with Gasteiger partial charge < -0.3 is 5.32 Å². The van der Waals surface area contributed by atoms with Crippen molar-refractivity contribution in [3.8, 4) is 0 Å². The highest BCUT2D eigenvalue weighted by molar-refractivity contribution is 7.90. The second kappa shape index (κ2) is 5.80. The van der Waals surface area contributed by atoms with Gasteiger partial charge in [-0.15, -0.1) is 0 Å². The van der Waals surface area contributed by atoms with E-state index in [4.69, 9.17) is 11.6 Å². The van der Waals surface area contributed by atoms with E-state index in [1.165, 1.54) is 18.4 Å². The van der Waals surface area contributed by atoms with Crippen LogP contribution in [0.4, 0.5) is 4.39 Å². The van der Waals surface area contributed by atoms with Crippen molar-refractivity contribution in [2.45, 2.75) is 13.0 Å². The molecule has 0 saturated heterocycles. The largest absolute Gasteiger partial charge is 0.309 e. The van der Waals surface area contributed by atoms with Crippen LogP contribution >= 0.6 is 11.6 Å². The van der Waals surface area contributed by atoms with Gasteiger partial charge in [0.25, 0.3) is 0 Å². The van der Waals surface area contributed by atoms with Gasteiger partial charge in [-0.3, -0.25) is 0 Å². The van der Waals surface area contributed by atoms with Crippen molar-refractivity contribution < 1.29 is 12.8 Å². The third-order valence-electron chi connectivity index (χ3n) is 2.37. The number of benzene rings is 1. The smallest absolute Gasteiger partial charge is 0.148 e. The number of sulfone groups is 1. The maximum Gasteiger partial charge on any atom is 0.148 e. The maximum atomic E-state index is 13.2. The van der Waals surface area contributed by atoms with Crippen LogP contribution < -0.4 is 5.32 Å². The summed E-state index contributed by atoms with van der Waals surface area (Å²) in [5, 5.41) is 3.09. The van der Waals surface area contributed by atoms with Crippen LogP contribution in [-0.4, -0.2) is 27.0 Å². The molecule has 0 heterocycles. The van der Waals surface area contributed by atoms with Crippen LogP contribution in [0.15, 0.2) is 18.2 Å². The summed E-state index contributed by atoms with van der Waals surface area (Å²) in [5.74, 6) is -0.408. The summed E-state index contributed by atoms with van der Waals surface area (Å²) in [6.07, 6.45) is 1.18. The predicted octanol–water partition coefficient (Wildman–Crippen LogP) is 2.17. The van der Waals surface area contributed by atoms with Crippen LogP contribution in [0, 0.1) is 5.82 Å². The van der Waals surface area contributed by atoms with Crippen LogP contribution in [0.5, 0.6) is 0 Å². The second-order valence-electron chi connectivity index (χ2n) is 3.98. The molecular weight excluding hydrogens is 265 g/mol. The zero-order valence-corrected chi connectivity index (χ0v) is 11.3. The second-order valence-corrected chi connectivity index (χ2v) is 6.65. The molecule has 1 unspecified atom stereocenters. The van der Waals surface area contributed by atoms with Crippen molar-refractivity contribution in [3.05, 3.63) is 34.6 Å². The van der Waals surface area contributed by atoms with Gasteiger partial charge in [-0.05, 0) is 24.6 Å². The minimum atomic E-state index is -2.97. The van der Waals surface area contributed by atoms with Gasteiger partial charge in [-0.1, -0.05) is 17.7 Å². The van der Waals surface area contributed by atoms with Gasteiger partial charge >= 0.3 is 0 Å². The summed E-state index contributed by atoms with van der Waals surface area (Å²) in [7, 11) is -2.97. The topological polar surface area (TPSA) is 46.2 Å². The average Bonchev–Trinajstić information content (AvgIpc) is 2.20. The molecule has 1 aromatic rings. The molecule has 96 valence electrons. The fraction of sp³-hybridized carbons (Fsp3) is 0.455. The van der Waals surface area contributed by atoms with E-state index in [9.17, 15) is 12.8 Å². The number of rotatable bonds is 5. The number of halogens is 2. The van der Waals surface area contributed by atoms with E-state index < -0.39 is 15.7 Å². The molecule has 17 heavy (non-hydrogen) atoms. The van der Waals surface area contributed by atoms with Crippen LogP contribution in [0.3, 0.4) is 0 Å². The summed E-state index contributed by atoms with van der Waals surface area (Å²) >= 11 is 5.57. The maximum absolute atomic E-state index is 13.2. The van der Waals surface area contributed by atoms with Gasteiger partial charge in [0.2, 0.25) is 0 Å². The Morgan fingerprint density at radius 2 is 2.12 bits per heavy atom. The molecule has 6 heteroatoms. The van der Waals surface area contributed by atoms with Crippen LogP contribution in [0.25, 0.3) is 0 Å². The van der Waals surface area contributed by atoms with Crippen molar-refractivity contribution >= 4 is 21.4 Å². The van der Waals surface area contributed by atoms with E-state index in [-0.39, 0.29) is 16.8 Å². The fourth-order valence-electron chi connectivity index (χ4n) is 1.36. The van der Waals surface area contributed by atoms with Crippen LogP contribution in [0.1, 0.15) is 18.5 Å². The first-order chi connectivity index (χ1) is 7.79. The lowest BCUT2D eigenvalue weighted by Gasteiger charge is -2.14. The summed E-state index contributed by atoms with van der Waals surface area (Å²) < 4.78 is 35.1. The monoisotopic (exact) mass is 279 g/mol. The van der Waals surface area contributed by atoms with E-state index in [0.29, 0.717) is 6.54 Å². The Morgan fingerprint density at radius 1 is 1.47 bits per heavy atom. The number of hydrogen-bond acceptors (Lipinski definition) is 3.